The van der Waals surface area contributed by atoms with E-state index in [1.807, 2.05) is 32.0 Å². The number of hydrogen-bond donors (Lipinski definition) is 1. The van der Waals surface area contributed by atoms with Crippen molar-refractivity contribution in [3.63, 3.8) is 0 Å². The number of hydrogen-bond acceptors (Lipinski definition) is 3. The molecule has 132 valence electrons. The highest BCUT2D eigenvalue weighted by Gasteiger charge is 2.24. The van der Waals surface area contributed by atoms with Gasteiger partial charge in [-0.2, -0.15) is 0 Å². The molecule has 25 heavy (non-hydrogen) atoms. The molecule has 1 amide bonds. The lowest BCUT2D eigenvalue weighted by Gasteiger charge is -2.28. The smallest absolute Gasteiger partial charge is 0.251 e. The number of fused-ring (bicyclic) bond motifs is 1. The number of halogens is 2. The third kappa shape index (κ3) is 4.12. The van der Waals surface area contributed by atoms with Gasteiger partial charge in [0.15, 0.2) is 11.5 Å². The van der Waals surface area contributed by atoms with Crippen LogP contribution in [0.4, 0.5) is 4.39 Å². The SMILES string of the molecule is CC(C)(CNC(=O)c1cc(F)cc(Br)c1)c1ccc2c(c1)OCCO2. The number of nitrogens with one attached hydrogen (secondary N) is 1. The molecule has 0 bridgehead atoms. The number of benzene rings is 2. The first kappa shape index (κ1) is 17.7. The molecule has 0 atom stereocenters. The monoisotopic (exact) mass is 407 g/mol. The predicted molar refractivity (Wildman–Crippen MR) is 96.9 cm³/mol. The minimum absolute atomic E-state index is 0.282. The Morgan fingerprint density at radius 1 is 1.16 bits per heavy atom. The Bertz CT molecular complexity index is 787. The summed E-state index contributed by atoms with van der Waals surface area (Å²) in [6, 6.07) is 9.93. The first-order valence-electron chi connectivity index (χ1n) is 7.99. The standard InChI is InChI=1S/C19H19BrFNO3/c1-19(2,13-3-4-16-17(9-13)25-6-5-24-16)11-22-18(23)12-7-14(20)10-15(21)8-12/h3-4,7-10H,5-6,11H2,1-2H3,(H,22,23). The third-order valence-corrected chi connectivity index (χ3v) is 4.60. The van der Waals surface area contributed by atoms with Crippen LogP contribution in [0.2, 0.25) is 0 Å². The molecule has 0 spiro atoms. The molecule has 1 aliphatic rings. The second-order valence-electron chi connectivity index (χ2n) is 6.58. The van der Waals surface area contributed by atoms with Crippen LogP contribution in [0.3, 0.4) is 0 Å². The van der Waals surface area contributed by atoms with Gasteiger partial charge in [0.05, 0.1) is 0 Å². The fraction of sp³-hybridized carbons (Fsp3) is 0.316. The van der Waals surface area contributed by atoms with Crippen LogP contribution >= 0.6 is 15.9 Å². The van der Waals surface area contributed by atoms with Gasteiger partial charge in [-0.1, -0.05) is 35.8 Å². The first-order chi connectivity index (χ1) is 11.8. The molecule has 1 aliphatic heterocycles. The fourth-order valence-electron chi connectivity index (χ4n) is 2.65. The van der Waals surface area contributed by atoms with Crippen LogP contribution < -0.4 is 14.8 Å². The summed E-state index contributed by atoms with van der Waals surface area (Å²) < 4.78 is 25.1. The Balaban J connectivity index is 1.72. The van der Waals surface area contributed by atoms with Gasteiger partial charge < -0.3 is 14.8 Å². The van der Waals surface area contributed by atoms with Crippen LogP contribution in [-0.4, -0.2) is 25.7 Å². The lowest BCUT2D eigenvalue weighted by molar-refractivity contribution is 0.0945. The highest BCUT2D eigenvalue weighted by molar-refractivity contribution is 9.10. The molecule has 0 aromatic heterocycles. The minimum atomic E-state index is -0.453. The van der Waals surface area contributed by atoms with Crippen LogP contribution in [0.1, 0.15) is 29.8 Å². The van der Waals surface area contributed by atoms with Gasteiger partial charge in [-0.05, 0) is 35.9 Å². The molecule has 2 aromatic carbocycles. The molecule has 0 radical (unpaired) electrons. The third-order valence-electron chi connectivity index (χ3n) is 4.14. The van der Waals surface area contributed by atoms with Gasteiger partial charge in [-0.3, -0.25) is 4.79 Å². The Kier molecular flexibility index (Phi) is 4.99. The van der Waals surface area contributed by atoms with Crippen molar-refractivity contribution in [2.24, 2.45) is 0 Å². The maximum absolute atomic E-state index is 13.5. The zero-order valence-electron chi connectivity index (χ0n) is 14.1. The van der Waals surface area contributed by atoms with E-state index >= 15 is 0 Å². The summed E-state index contributed by atoms with van der Waals surface area (Å²) in [7, 11) is 0. The molecule has 0 saturated carbocycles. The number of carbonyl (C=O) groups excluding carboxylic acids is 1. The quantitative estimate of drug-likeness (QED) is 0.830. The molecular formula is C19H19BrFNO3. The summed E-state index contributed by atoms with van der Waals surface area (Å²) in [5.41, 5.74) is 0.984. The highest BCUT2D eigenvalue weighted by Crippen LogP contribution is 2.35. The van der Waals surface area contributed by atoms with Crippen LogP contribution in [0, 0.1) is 5.82 Å². The Morgan fingerprint density at radius 3 is 2.60 bits per heavy atom. The molecule has 6 heteroatoms. The molecular weight excluding hydrogens is 389 g/mol. The average Bonchev–Trinajstić information content (AvgIpc) is 2.58. The number of rotatable bonds is 4. The van der Waals surface area contributed by atoms with Crippen molar-refractivity contribution < 1.29 is 18.7 Å². The molecule has 1 heterocycles. The van der Waals surface area contributed by atoms with Gasteiger partial charge in [0.1, 0.15) is 19.0 Å². The van der Waals surface area contributed by atoms with Gasteiger partial charge in [0.25, 0.3) is 5.91 Å². The van der Waals surface area contributed by atoms with Crippen LogP contribution in [-0.2, 0) is 5.41 Å². The Morgan fingerprint density at radius 2 is 1.88 bits per heavy atom. The van der Waals surface area contributed by atoms with Crippen LogP contribution in [0.15, 0.2) is 40.9 Å². The van der Waals surface area contributed by atoms with Gasteiger partial charge in [-0.15, -0.1) is 0 Å². The minimum Gasteiger partial charge on any atom is -0.486 e. The van der Waals surface area contributed by atoms with Gasteiger partial charge in [-0.25, -0.2) is 4.39 Å². The number of amides is 1. The van der Waals surface area contributed by atoms with Gasteiger partial charge in [0, 0.05) is 22.0 Å². The number of carbonyl (C=O) groups is 1. The van der Waals surface area contributed by atoms with E-state index < -0.39 is 5.82 Å². The summed E-state index contributed by atoms with van der Waals surface area (Å²) >= 11 is 3.20. The zero-order valence-corrected chi connectivity index (χ0v) is 15.7. The van der Waals surface area contributed by atoms with E-state index in [-0.39, 0.29) is 16.9 Å². The fourth-order valence-corrected chi connectivity index (χ4v) is 3.12. The van der Waals surface area contributed by atoms with Crippen LogP contribution in [0.25, 0.3) is 0 Å². The zero-order chi connectivity index (χ0) is 18.0. The second-order valence-corrected chi connectivity index (χ2v) is 7.50. The van der Waals surface area contributed by atoms with Crippen molar-refractivity contribution in [2.45, 2.75) is 19.3 Å². The molecule has 3 rings (SSSR count). The van der Waals surface area contributed by atoms with Crippen LogP contribution in [0.5, 0.6) is 11.5 Å². The first-order valence-corrected chi connectivity index (χ1v) is 8.79. The summed E-state index contributed by atoms with van der Waals surface area (Å²) in [6.07, 6.45) is 0. The van der Waals surface area contributed by atoms with Gasteiger partial charge in [0.2, 0.25) is 0 Å². The normalized spacial score (nSPS) is 13.4. The molecule has 1 N–H and O–H groups in total. The predicted octanol–water partition coefficient (Wildman–Crippen LogP) is 4.07. The summed E-state index contributed by atoms with van der Waals surface area (Å²) in [5.74, 6) is 0.688. The van der Waals surface area contributed by atoms with Gasteiger partial charge >= 0.3 is 0 Å². The molecule has 0 unspecified atom stereocenters. The maximum Gasteiger partial charge on any atom is 0.251 e. The van der Waals surface area contributed by atoms with Crippen molar-refractivity contribution in [2.75, 3.05) is 19.8 Å². The van der Waals surface area contributed by atoms with E-state index in [0.717, 1.165) is 17.1 Å². The van der Waals surface area contributed by atoms with Crippen molar-refractivity contribution in [3.05, 3.63) is 57.8 Å². The average molecular weight is 408 g/mol. The maximum atomic E-state index is 13.5. The van der Waals surface area contributed by atoms with Crippen molar-refractivity contribution in [3.8, 4) is 11.5 Å². The summed E-state index contributed by atoms with van der Waals surface area (Å²) in [6.45, 7) is 5.54. The van der Waals surface area contributed by atoms with E-state index in [0.29, 0.717) is 24.2 Å². The molecule has 0 saturated heterocycles. The van der Waals surface area contributed by atoms with Crippen molar-refractivity contribution >= 4 is 21.8 Å². The van der Waals surface area contributed by atoms with Crippen molar-refractivity contribution in [1.82, 2.24) is 5.32 Å². The Hall–Kier alpha value is -2.08. The van der Waals surface area contributed by atoms with E-state index in [1.54, 1.807) is 6.07 Å². The highest BCUT2D eigenvalue weighted by atomic mass is 79.9. The summed E-state index contributed by atoms with van der Waals surface area (Å²) in [5, 5.41) is 2.87. The largest absolute Gasteiger partial charge is 0.486 e. The second kappa shape index (κ2) is 7.04. The molecule has 0 fully saturated rings. The summed E-state index contributed by atoms with van der Waals surface area (Å²) in [4.78, 5) is 12.3. The molecule has 0 aliphatic carbocycles. The molecule has 4 nitrogen and oxygen atoms in total. The lowest BCUT2D eigenvalue weighted by Crippen LogP contribution is -2.36. The van der Waals surface area contributed by atoms with E-state index in [2.05, 4.69) is 21.2 Å². The molecule has 2 aromatic rings. The van der Waals surface area contributed by atoms with E-state index in [1.165, 1.54) is 12.1 Å². The Labute approximate surface area is 154 Å². The topological polar surface area (TPSA) is 47.6 Å². The van der Waals surface area contributed by atoms with Crippen molar-refractivity contribution in [1.29, 1.82) is 0 Å². The lowest BCUT2D eigenvalue weighted by atomic mass is 9.84. The number of ether oxygens (including phenoxy) is 2. The van der Waals surface area contributed by atoms with E-state index in [9.17, 15) is 9.18 Å². The van der Waals surface area contributed by atoms with E-state index in [4.69, 9.17) is 9.47 Å².